The molecule has 2 heterocycles. The number of hydrogen-bond acceptors (Lipinski definition) is 5. The molecule has 1 aliphatic heterocycles. The highest BCUT2D eigenvalue weighted by Crippen LogP contribution is 2.21. The molecule has 1 fully saturated rings. The Hall–Kier alpha value is -2.31. The number of aryl methyl sites for hydroxylation is 1. The minimum absolute atomic E-state index is 0.00297. The minimum atomic E-state index is 0.00297. The molecule has 1 aromatic heterocycles. The van der Waals surface area contributed by atoms with Gasteiger partial charge in [-0.2, -0.15) is 0 Å². The second-order valence-electron chi connectivity index (χ2n) is 6.98. The molecule has 1 atom stereocenters. The Labute approximate surface area is 168 Å². The summed E-state index contributed by atoms with van der Waals surface area (Å²) in [6.45, 7) is 3.92. The second-order valence-corrected chi connectivity index (χ2v) is 8.04. The van der Waals surface area contributed by atoms with Crippen molar-refractivity contribution in [2.75, 3.05) is 19.0 Å². The summed E-state index contributed by atoms with van der Waals surface area (Å²) in [6.07, 6.45) is 2.12. The lowest BCUT2D eigenvalue weighted by atomic mass is 10.2. The number of rotatable bonds is 7. The Morgan fingerprint density at radius 1 is 1.25 bits per heavy atom. The van der Waals surface area contributed by atoms with Crippen LogP contribution >= 0.6 is 11.8 Å². The van der Waals surface area contributed by atoms with Gasteiger partial charge in [0.1, 0.15) is 5.75 Å². The summed E-state index contributed by atoms with van der Waals surface area (Å²) in [7, 11) is 0. The summed E-state index contributed by atoms with van der Waals surface area (Å²) in [6, 6.07) is 15.5. The predicted molar refractivity (Wildman–Crippen MR) is 112 cm³/mol. The maximum Gasteiger partial charge on any atom is 0.262 e. The molecule has 28 heavy (non-hydrogen) atoms. The SMILES string of the molecule is Cc1cccc(OCCSc2nc3ccccc3c(=O)n2C[C@H]2CCCO2)c1. The largest absolute Gasteiger partial charge is 0.493 e. The maximum absolute atomic E-state index is 13.1. The molecule has 0 saturated carbocycles. The van der Waals surface area contributed by atoms with E-state index in [1.165, 1.54) is 5.56 Å². The highest BCUT2D eigenvalue weighted by Gasteiger charge is 2.20. The molecule has 0 spiro atoms. The van der Waals surface area contributed by atoms with E-state index in [-0.39, 0.29) is 11.7 Å². The summed E-state index contributed by atoms with van der Waals surface area (Å²) in [5.41, 5.74) is 1.91. The average molecular weight is 397 g/mol. The lowest BCUT2D eigenvalue weighted by Gasteiger charge is -2.16. The molecule has 5 nitrogen and oxygen atoms in total. The van der Waals surface area contributed by atoms with Crippen LogP contribution in [0.5, 0.6) is 5.75 Å². The summed E-state index contributed by atoms with van der Waals surface area (Å²) >= 11 is 1.55. The Morgan fingerprint density at radius 3 is 2.96 bits per heavy atom. The van der Waals surface area contributed by atoms with E-state index in [0.29, 0.717) is 24.3 Å². The van der Waals surface area contributed by atoms with E-state index in [9.17, 15) is 4.79 Å². The Morgan fingerprint density at radius 2 is 2.14 bits per heavy atom. The van der Waals surface area contributed by atoms with Crippen LogP contribution in [0.25, 0.3) is 10.9 Å². The van der Waals surface area contributed by atoms with Gasteiger partial charge in [0, 0.05) is 12.4 Å². The van der Waals surface area contributed by atoms with Crippen molar-refractivity contribution in [2.45, 2.75) is 37.6 Å². The molecular weight excluding hydrogens is 372 g/mol. The van der Waals surface area contributed by atoms with E-state index >= 15 is 0 Å². The number of aromatic nitrogens is 2. The molecule has 4 rings (SSSR count). The first-order valence-electron chi connectivity index (χ1n) is 9.64. The third kappa shape index (κ3) is 4.39. The van der Waals surface area contributed by atoms with Gasteiger partial charge in [-0.25, -0.2) is 4.98 Å². The number of para-hydroxylation sites is 1. The average Bonchev–Trinajstić information content (AvgIpc) is 3.21. The third-order valence-electron chi connectivity index (χ3n) is 4.81. The van der Waals surface area contributed by atoms with Gasteiger partial charge >= 0.3 is 0 Å². The van der Waals surface area contributed by atoms with Crippen LogP contribution in [-0.2, 0) is 11.3 Å². The molecule has 146 valence electrons. The number of thioether (sulfide) groups is 1. The van der Waals surface area contributed by atoms with Gasteiger partial charge in [0.25, 0.3) is 5.56 Å². The van der Waals surface area contributed by atoms with Crippen LogP contribution in [0.15, 0.2) is 58.5 Å². The first kappa shape index (κ1) is 19.0. The summed E-state index contributed by atoms with van der Waals surface area (Å²) in [5, 5.41) is 1.38. The molecule has 0 radical (unpaired) electrons. The first-order chi connectivity index (χ1) is 13.7. The van der Waals surface area contributed by atoms with Crippen molar-refractivity contribution < 1.29 is 9.47 Å². The standard InChI is InChI=1S/C22H24N2O3S/c1-16-6-4-7-17(14-16)27-12-13-28-22-23-20-10-3-2-9-19(20)21(25)24(22)15-18-8-5-11-26-18/h2-4,6-7,9-10,14,18H,5,8,11-13,15H2,1H3/t18-/m1/s1. The van der Waals surface area contributed by atoms with E-state index in [2.05, 4.69) is 0 Å². The van der Waals surface area contributed by atoms with Gasteiger partial charge < -0.3 is 9.47 Å². The fraction of sp³-hybridized carbons (Fsp3) is 0.364. The molecule has 0 aliphatic carbocycles. The van der Waals surface area contributed by atoms with Crippen LogP contribution in [0, 0.1) is 6.92 Å². The van der Waals surface area contributed by atoms with Crippen LogP contribution < -0.4 is 10.3 Å². The zero-order valence-corrected chi connectivity index (χ0v) is 16.8. The number of fused-ring (bicyclic) bond motifs is 1. The van der Waals surface area contributed by atoms with Gasteiger partial charge in [-0.3, -0.25) is 9.36 Å². The third-order valence-corrected chi connectivity index (χ3v) is 5.75. The highest BCUT2D eigenvalue weighted by molar-refractivity contribution is 7.99. The highest BCUT2D eigenvalue weighted by atomic mass is 32.2. The van der Waals surface area contributed by atoms with Crippen LogP contribution in [0.4, 0.5) is 0 Å². The van der Waals surface area contributed by atoms with Crippen LogP contribution in [0.3, 0.4) is 0 Å². The monoisotopic (exact) mass is 396 g/mol. The predicted octanol–water partition coefficient (Wildman–Crippen LogP) is 4.06. The number of ether oxygens (including phenoxy) is 2. The molecule has 0 bridgehead atoms. The summed E-state index contributed by atoms with van der Waals surface area (Å²) in [5.74, 6) is 1.58. The van der Waals surface area contributed by atoms with Gasteiger partial charge in [-0.05, 0) is 49.6 Å². The molecule has 2 aromatic carbocycles. The van der Waals surface area contributed by atoms with Gasteiger partial charge in [-0.1, -0.05) is 36.0 Å². The first-order valence-corrected chi connectivity index (χ1v) is 10.6. The van der Waals surface area contributed by atoms with E-state index in [4.69, 9.17) is 14.5 Å². The molecule has 6 heteroatoms. The zero-order valence-electron chi connectivity index (χ0n) is 16.0. The topological polar surface area (TPSA) is 53.3 Å². The van der Waals surface area contributed by atoms with E-state index in [1.54, 1.807) is 16.3 Å². The fourth-order valence-corrected chi connectivity index (χ4v) is 4.23. The molecule has 0 unspecified atom stereocenters. The van der Waals surface area contributed by atoms with Crippen molar-refractivity contribution in [1.29, 1.82) is 0 Å². The molecule has 0 N–H and O–H groups in total. The van der Waals surface area contributed by atoms with Crippen molar-refractivity contribution in [2.24, 2.45) is 0 Å². The molecular formula is C22H24N2O3S. The van der Waals surface area contributed by atoms with E-state index in [0.717, 1.165) is 35.9 Å². The second kappa shape index (κ2) is 8.80. The van der Waals surface area contributed by atoms with Crippen molar-refractivity contribution >= 4 is 22.7 Å². The Balaban J connectivity index is 1.51. The van der Waals surface area contributed by atoms with Gasteiger partial charge in [0.2, 0.25) is 0 Å². The van der Waals surface area contributed by atoms with Crippen molar-refractivity contribution in [1.82, 2.24) is 9.55 Å². The quantitative estimate of drug-likeness (QED) is 0.343. The minimum Gasteiger partial charge on any atom is -0.493 e. The molecule has 3 aromatic rings. The Bertz CT molecular complexity index is 1010. The van der Waals surface area contributed by atoms with E-state index < -0.39 is 0 Å². The van der Waals surface area contributed by atoms with Crippen molar-refractivity contribution in [3.63, 3.8) is 0 Å². The lowest BCUT2D eigenvalue weighted by molar-refractivity contribution is 0.0937. The van der Waals surface area contributed by atoms with Gasteiger partial charge in [-0.15, -0.1) is 0 Å². The number of hydrogen-bond donors (Lipinski definition) is 0. The van der Waals surface area contributed by atoms with Crippen molar-refractivity contribution in [3.8, 4) is 5.75 Å². The maximum atomic E-state index is 13.1. The van der Waals surface area contributed by atoms with Crippen LogP contribution in [0.2, 0.25) is 0 Å². The zero-order chi connectivity index (χ0) is 19.3. The summed E-state index contributed by atoms with van der Waals surface area (Å²) in [4.78, 5) is 17.8. The molecule has 1 saturated heterocycles. The van der Waals surface area contributed by atoms with Gasteiger partial charge in [0.15, 0.2) is 5.16 Å². The van der Waals surface area contributed by atoms with Gasteiger partial charge in [0.05, 0.1) is 30.2 Å². The number of benzene rings is 2. The molecule has 1 aliphatic rings. The molecule has 0 amide bonds. The summed E-state index contributed by atoms with van der Waals surface area (Å²) < 4.78 is 13.4. The Kier molecular flexibility index (Phi) is 5.98. The van der Waals surface area contributed by atoms with Crippen LogP contribution in [0.1, 0.15) is 18.4 Å². The fourth-order valence-electron chi connectivity index (χ4n) is 3.41. The van der Waals surface area contributed by atoms with Crippen LogP contribution in [-0.4, -0.2) is 34.6 Å². The van der Waals surface area contributed by atoms with E-state index in [1.807, 2.05) is 55.5 Å². The normalized spacial score (nSPS) is 16.5. The smallest absolute Gasteiger partial charge is 0.262 e. The lowest BCUT2D eigenvalue weighted by Crippen LogP contribution is -2.29. The number of nitrogens with zero attached hydrogens (tertiary/aromatic N) is 2. The van der Waals surface area contributed by atoms with Crippen molar-refractivity contribution in [3.05, 3.63) is 64.4 Å².